The summed E-state index contributed by atoms with van der Waals surface area (Å²) in [6, 6.07) is 6.04. The molecule has 2 rings (SSSR count). The molecule has 0 N–H and O–H groups in total. The van der Waals surface area contributed by atoms with Gasteiger partial charge in [-0.3, -0.25) is 0 Å². The van der Waals surface area contributed by atoms with Crippen molar-refractivity contribution in [2.24, 2.45) is 0 Å². The van der Waals surface area contributed by atoms with Crippen LogP contribution in [0.15, 0.2) is 22.7 Å². The average Bonchev–Trinajstić information content (AvgIpc) is 2.81. The van der Waals surface area contributed by atoms with Crippen LogP contribution in [0.5, 0.6) is 0 Å². The van der Waals surface area contributed by atoms with E-state index in [0.29, 0.717) is 5.88 Å². The maximum Gasteiger partial charge on any atom is 0.151 e. The SMILES string of the molecule is CCc1nc(CC)n(-c2cc(Br)ccc2CCl)n1. The molecule has 0 amide bonds. The molecule has 1 aromatic heterocycles. The Morgan fingerprint density at radius 1 is 1.28 bits per heavy atom. The van der Waals surface area contributed by atoms with E-state index < -0.39 is 0 Å². The van der Waals surface area contributed by atoms with Crippen LogP contribution in [0.1, 0.15) is 31.1 Å². The number of halogens is 2. The van der Waals surface area contributed by atoms with Crippen molar-refractivity contribution in [1.82, 2.24) is 14.8 Å². The fraction of sp³-hybridized carbons (Fsp3) is 0.385. The van der Waals surface area contributed by atoms with E-state index in [-0.39, 0.29) is 0 Å². The van der Waals surface area contributed by atoms with E-state index in [0.717, 1.165) is 40.2 Å². The molecule has 0 bridgehead atoms. The van der Waals surface area contributed by atoms with Crippen molar-refractivity contribution in [1.29, 1.82) is 0 Å². The normalized spacial score (nSPS) is 10.9. The van der Waals surface area contributed by atoms with Gasteiger partial charge in [-0.05, 0) is 17.7 Å². The van der Waals surface area contributed by atoms with E-state index in [1.165, 1.54) is 0 Å². The average molecular weight is 329 g/mol. The molecule has 1 aromatic carbocycles. The topological polar surface area (TPSA) is 30.7 Å². The van der Waals surface area contributed by atoms with Gasteiger partial charge in [-0.15, -0.1) is 11.6 Å². The second-order valence-corrected chi connectivity index (χ2v) is 5.15. The Bertz CT molecular complexity index is 551. The molecule has 0 radical (unpaired) electrons. The Hall–Kier alpha value is -0.870. The number of aryl methyl sites for hydroxylation is 2. The number of alkyl halides is 1. The number of hydrogen-bond acceptors (Lipinski definition) is 2. The Kier molecular flexibility index (Phi) is 4.40. The quantitative estimate of drug-likeness (QED) is 0.797. The molecule has 0 aliphatic heterocycles. The highest BCUT2D eigenvalue weighted by molar-refractivity contribution is 9.10. The lowest BCUT2D eigenvalue weighted by molar-refractivity contribution is 0.785. The van der Waals surface area contributed by atoms with E-state index >= 15 is 0 Å². The molecular formula is C13H15BrClN3. The zero-order valence-electron chi connectivity index (χ0n) is 10.5. The molecule has 0 aliphatic carbocycles. The first-order valence-electron chi connectivity index (χ1n) is 5.99. The van der Waals surface area contributed by atoms with Gasteiger partial charge in [-0.1, -0.05) is 35.8 Å². The van der Waals surface area contributed by atoms with Crippen LogP contribution in [0.25, 0.3) is 5.69 Å². The van der Waals surface area contributed by atoms with Crippen molar-refractivity contribution in [3.8, 4) is 5.69 Å². The number of hydrogen-bond donors (Lipinski definition) is 0. The summed E-state index contributed by atoms with van der Waals surface area (Å²) in [5.41, 5.74) is 2.06. The maximum atomic E-state index is 5.99. The fourth-order valence-electron chi connectivity index (χ4n) is 1.81. The molecule has 18 heavy (non-hydrogen) atoms. The standard InChI is InChI=1S/C13H15BrClN3/c1-3-12-16-13(4-2)18(17-12)11-7-10(14)6-5-9(11)8-15/h5-7H,3-4,8H2,1-2H3. The van der Waals surface area contributed by atoms with Gasteiger partial charge in [0.2, 0.25) is 0 Å². The molecule has 0 fully saturated rings. The van der Waals surface area contributed by atoms with Gasteiger partial charge < -0.3 is 0 Å². The predicted molar refractivity (Wildman–Crippen MR) is 77.4 cm³/mol. The minimum Gasteiger partial charge on any atom is -0.217 e. The molecule has 2 aromatic rings. The predicted octanol–water partition coefficient (Wildman–Crippen LogP) is 3.89. The molecule has 0 saturated heterocycles. The van der Waals surface area contributed by atoms with Crippen molar-refractivity contribution in [3.05, 3.63) is 39.9 Å². The van der Waals surface area contributed by atoms with Gasteiger partial charge in [-0.2, -0.15) is 5.10 Å². The van der Waals surface area contributed by atoms with Gasteiger partial charge in [-0.25, -0.2) is 9.67 Å². The van der Waals surface area contributed by atoms with Crippen molar-refractivity contribution >= 4 is 27.5 Å². The second kappa shape index (κ2) is 5.85. The van der Waals surface area contributed by atoms with E-state index in [2.05, 4.69) is 39.9 Å². The van der Waals surface area contributed by atoms with Gasteiger partial charge in [0.25, 0.3) is 0 Å². The summed E-state index contributed by atoms with van der Waals surface area (Å²) in [6.45, 7) is 4.14. The first kappa shape index (κ1) is 13.6. The molecule has 96 valence electrons. The smallest absolute Gasteiger partial charge is 0.151 e. The Morgan fingerprint density at radius 3 is 2.67 bits per heavy atom. The van der Waals surface area contributed by atoms with E-state index in [1.54, 1.807) is 0 Å². The molecule has 0 aliphatic rings. The summed E-state index contributed by atoms with van der Waals surface area (Å²) in [5, 5.41) is 4.55. The Morgan fingerprint density at radius 2 is 2.06 bits per heavy atom. The summed E-state index contributed by atoms with van der Waals surface area (Å²) in [6.07, 6.45) is 1.69. The highest BCUT2D eigenvalue weighted by Crippen LogP contribution is 2.23. The van der Waals surface area contributed by atoms with Crippen molar-refractivity contribution in [2.45, 2.75) is 32.6 Å². The summed E-state index contributed by atoms with van der Waals surface area (Å²) < 4.78 is 2.92. The minimum absolute atomic E-state index is 0.465. The summed E-state index contributed by atoms with van der Waals surface area (Å²) in [7, 11) is 0. The van der Waals surface area contributed by atoms with Gasteiger partial charge in [0.1, 0.15) is 5.82 Å². The molecule has 5 heteroatoms. The molecule has 0 spiro atoms. The van der Waals surface area contributed by atoms with Crippen LogP contribution < -0.4 is 0 Å². The third-order valence-electron chi connectivity index (χ3n) is 2.77. The summed E-state index contributed by atoms with van der Waals surface area (Å²) in [4.78, 5) is 4.52. The van der Waals surface area contributed by atoms with Gasteiger partial charge >= 0.3 is 0 Å². The molecule has 0 saturated carbocycles. The monoisotopic (exact) mass is 327 g/mol. The molecule has 0 atom stereocenters. The number of benzene rings is 1. The molecular weight excluding hydrogens is 314 g/mol. The summed E-state index contributed by atoms with van der Waals surface area (Å²) in [5.74, 6) is 2.30. The lowest BCUT2D eigenvalue weighted by Crippen LogP contribution is -2.05. The third-order valence-corrected chi connectivity index (χ3v) is 3.55. The molecule has 3 nitrogen and oxygen atoms in total. The first-order valence-corrected chi connectivity index (χ1v) is 7.31. The van der Waals surface area contributed by atoms with Gasteiger partial charge in [0.05, 0.1) is 5.69 Å². The number of rotatable bonds is 4. The Labute approximate surface area is 120 Å². The minimum atomic E-state index is 0.465. The van der Waals surface area contributed by atoms with E-state index in [1.807, 2.05) is 22.9 Å². The van der Waals surface area contributed by atoms with Gasteiger partial charge in [0, 0.05) is 23.2 Å². The van der Waals surface area contributed by atoms with Crippen molar-refractivity contribution in [2.75, 3.05) is 0 Å². The summed E-state index contributed by atoms with van der Waals surface area (Å²) >= 11 is 9.48. The van der Waals surface area contributed by atoms with Crippen molar-refractivity contribution in [3.63, 3.8) is 0 Å². The molecule has 0 unspecified atom stereocenters. The number of nitrogens with zero attached hydrogens (tertiary/aromatic N) is 3. The van der Waals surface area contributed by atoms with E-state index in [9.17, 15) is 0 Å². The lowest BCUT2D eigenvalue weighted by Gasteiger charge is -2.09. The first-order chi connectivity index (χ1) is 8.69. The zero-order valence-corrected chi connectivity index (χ0v) is 12.8. The largest absolute Gasteiger partial charge is 0.217 e. The maximum absolute atomic E-state index is 5.99. The van der Waals surface area contributed by atoms with E-state index in [4.69, 9.17) is 11.6 Å². The fourth-order valence-corrected chi connectivity index (χ4v) is 2.39. The van der Waals surface area contributed by atoms with Crippen LogP contribution in [0.2, 0.25) is 0 Å². The number of aromatic nitrogens is 3. The van der Waals surface area contributed by atoms with Gasteiger partial charge in [0.15, 0.2) is 5.82 Å². The highest BCUT2D eigenvalue weighted by Gasteiger charge is 2.12. The van der Waals surface area contributed by atoms with Crippen LogP contribution in [-0.2, 0) is 18.7 Å². The second-order valence-electron chi connectivity index (χ2n) is 3.97. The Balaban J connectivity index is 2.59. The van der Waals surface area contributed by atoms with Crippen LogP contribution in [0.4, 0.5) is 0 Å². The van der Waals surface area contributed by atoms with Crippen molar-refractivity contribution < 1.29 is 0 Å². The van der Waals surface area contributed by atoms with Crippen LogP contribution in [-0.4, -0.2) is 14.8 Å². The van der Waals surface area contributed by atoms with Crippen LogP contribution >= 0.6 is 27.5 Å². The lowest BCUT2D eigenvalue weighted by atomic mass is 10.2. The molecule has 1 heterocycles. The third kappa shape index (κ3) is 2.59. The zero-order chi connectivity index (χ0) is 13.1. The highest BCUT2D eigenvalue weighted by atomic mass is 79.9. The van der Waals surface area contributed by atoms with Crippen LogP contribution in [0, 0.1) is 0 Å². The van der Waals surface area contributed by atoms with Crippen LogP contribution in [0.3, 0.4) is 0 Å².